The number of aryl methyl sites for hydroxylation is 2. The second kappa shape index (κ2) is 11.4. The number of alkyl halides is 2. The number of hydrogen-bond donors (Lipinski definition) is 0. The lowest BCUT2D eigenvalue weighted by molar-refractivity contribution is 0.200. The first-order valence-corrected chi connectivity index (χ1v) is 11.1. The molecule has 0 spiro atoms. The van der Waals surface area contributed by atoms with Crippen LogP contribution in [0.15, 0.2) is 48.7 Å². The van der Waals surface area contributed by atoms with Crippen LogP contribution in [-0.2, 0) is 12.8 Å². The molecule has 0 radical (unpaired) electrons. The Morgan fingerprint density at radius 1 is 0.935 bits per heavy atom. The van der Waals surface area contributed by atoms with Crippen molar-refractivity contribution >= 4 is 0 Å². The van der Waals surface area contributed by atoms with E-state index in [4.69, 9.17) is 0 Å². The molecule has 31 heavy (non-hydrogen) atoms. The largest absolute Gasteiger partial charge is 0.459 e. The highest BCUT2D eigenvalue weighted by molar-refractivity contribution is 5.33. The molecular formula is C26H30F4O. The summed E-state index contributed by atoms with van der Waals surface area (Å²) in [6, 6.07) is 11.0. The molecule has 1 saturated carbocycles. The van der Waals surface area contributed by atoms with Gasteiger partial charge in [-0.2, -0.15) is 0 Å². The monoisotopic (exact) mass is 434 g/mol. The quantitative estimate of drug-likeness (QED) is 0.287. The van der Waals surface area contributed by atoms with Gasteiger partial charge in [0.15, 0.2) is 17.4 Å². The molecule has 1 fully saturated rings. The van der Waals surface area contributed by atoms with E-state index in [1.807, 2.05) is 0 Å². The SMILES string of the molecule is CCCC1CCC(c2ccc(CCc3cc(F)c(OC=CC(F)F)c(F)c3)cc2)CC1. The second-order valence-corrected chi connectivity index (χ2v) is 8.42. The molecule has 0 amide bonds. The van der Waals surface area contributed by atoms with Crippen LogP contribution in [0.4, 0.5) is 17.6 Å². The standard InChI is InChI=1S/C26H30F4O/c1-2-3-18-6-10-21(11-7-18)22-12-8-19(9-13-22)4-5-20-16-23(27)26(24(28)17-20)31-15-14-25(29)30/h8-9,12-18,21,25H,2-7,10-11H2,1H3. The van der Waals surface area contributed by atoms with Gasteiger partial charge in [-0.15, -0.1) is 0 Å². The first kappa shape index (κ1) is 23.4. The lowest BCUT2D eigenvalue weighted by Gasteiger charge is -2.28. The fourth-order valence-electron chi connectivity index (χ4n) is 4.47. The number of hydrogen-bond acceptors (Lipinski definition) is 1. The van der Waals surface area contributed by atoms with Crippen molar-refractivity contribution in [3.63, 3.8) is 0 Å². The number of ether oxygens (including phenoxy) is 1. The summed E-state index contributed by atoms with van der Waals surface area (Å²) in [6.07, 6.45) is 7.16. The molecule has 0 aliphatic heterocycles. The molecule has 1 aliphatic rings. The minimum atomic E-state index is -2.74. The van der Waals surface area contributed by atoms with Crippen molar-refractivity contribution in [2.24, 2.45) is 5.92 Å². The Hall–Kier alpha value is -2.30. The zero-order chi connectivity index (χ0) is 22.2. The van der Waals surface area contributed by atoms with Gasteiger partial charge in [0.25, 0.3) is 6.43 Å². The molecule has 2 aromatic rings. The third kappa shape index (κ3) is 6.84. The minimum absolute atomic E-state index is 0.424. The van der Waals surface area contributed by atoms with Crippen molar-refractivity contribution in [1.82, 2.24) is 0 Å². The van der Waals surface area contributed by atoms with Crippen LogP contribution < -0.4 is 4.74 Å². The van der Waals surface area contributed by atoms with Gasteiger partial charge in [-0.05, 0) is 79.2 Å². The molecule has 1 nitrogen and oxygen atoms in total. The van der Waals surface area contributed by atoms with Gasteiger partial charge in [0.05, 0.1) is 6.26 Å². The molecule has 0 unspecified atom stereocenters. The van der Waals surface area contributed by atoms with Gasteiger partial charge in [0.1, 0.15) is 0 Å². The lowest BCUT2D eigenvalue weighted by Crippen LogP contribution is -2.13. The third-order valence-corrected chi connectivity index (χ3v) is 6.17. The maximum Gasteiger partial charge on any atom is 0.260 e. The molecule has 3 rings (SSSR count). The highest BCUT2D eigenvalue weighted by Crippen LogP contribution is 2.37. The highest BCUT2D eigenvalue weighted by atomic mass is 19.3. The summed E-state index contributed by atoms with van der Waals surface area (Å²) in [5, 5.41) is 0. The highest BCUT2D eigenvalue weighted by Gasteiger charge is 2.21. The normalized spacial score (nSPS) is 19.3. The number of rotatable bonds is 9. The first-order chi connectivity index (χ1) is 15.0. The molecule has 168 valence electrons. The maximum atomic E-state index is 14.1. The summed E-state index contributed by atoms with van der Waals surface area (Å²) in [6.45, 7) is 2.25. The maximum absolute atomic E-state index is 14.1. The first-order valence-electron chi connectivity index (χ1n) is 11.1. The molecule has 0 N–H and O–H groups in total. The molecule has 0 bridgehead atoms. The van der Waals surface area contributed by atoms with Crippen molar-refractivity contribution in [2.75, 3.05) is 0 Å². The van der Waals surface area contributed by atoms with Crippen LogP contribution in [0.1, 0.15) is 68.1 Å². The van der Waals surface area contributed by atoms with Gasteiger partial charge < -0.3 is 4.74 Å². The summed E-state index contributed by atoms with van der Waals surface area (Å²) < 4.78 is 57.1. The van der Waals surface area contributed by atoms with Crippen LogP contribution in [0.2, 0.25) is 0 Å². The lowest BCUT2D eigenvalue weighted by atomic mass is 9.77. The van der Waals surface area contributed by atoms with E-state index in [2.05, 4.69) is 35.9 Å². The van der Waals surface area contributed by atoms with Crippen LogP contribution in [0, 0.1) is 17.6 Å². The van der Waals surface area contributed by atoms with Gasteiger partial charge in [0.2, 0.25) is 0 Å². The van der Waals surface area contributed by atoms with Crippen LogP contribution in [-0.4, -0.2) is 6.43 Å². The molecule has 1 aliphatic carbocycles. The van der Waals surface area contributed by atoms with E-state index in [1.165, 1.54) is 56.2 Å². The van der Waals surface area contributed by atoms with Gasteiger partial charge in [0, 0.05) is 6.08 Å². The average molecular weight is 435 g/mol. The van der Waals surface area contributed by atoms with Crippen molar-refractivity contribution in [3.05, 3.63) is 77.1 Å². The Bertz CT molecular complexity index is 829. The van der Waals surface area contributed by atoms with E-state index >= 15 is 0 Å². The second-order valence-electron chi connectivity index (χ2n) is 8.42. The molecular weight excluding hydrogens is 404 g/mol. The van der Waals surface area contributed by atoms with Crippen LogP contribution in [0.3, 0.4) is 0 Å². The number of halogens is 4. The summed E-state index contributed by atoms with van der Waals surface area (Å²) >= 11 is 0. The predicted octanol–water partition coefficient (Wildman–Crippen LogP) is 7.98. The third-order valence-electron chi connectivity index (χ3n) is 6.17. The minimum Gasteiger partial charge on any atom is -0.459 e. The van der Waals surface area contributed by atoms with E-state index in [9.17, 15) is 17.6 Å². The van der Waals surface area contributed by atoms with Crippen LogP contribution >= 0.6 is 0 Å². The van der Waals surface area contributed by atoms with Crippen molar-refractivity contribution in [3.8, 4) is 5.75 Å². The molecule has 0 aromatic heterocycles. The van der Waals surface area contributed by atoms with Gasteiger partial charge in [-0.25, -0.2) is 17.6 Å². The molecule has 0 heterocycles. The zero-order valence-corrected chi connectivity index (χ0v) is 17.9. The van der Waals surface area contributed by atoms with E-state index < -0.39 is 23.8 Å². The Labute approximate surface area is 182 Å². The fourth-order valence-corrected chi connectivity index (χ4v) is 4.47. The van der Waals surface area contributed by atoms with Crippen LogP contribution in [0.25, 0.3) is 0 Å². The van der Waals surface area contributed by atoms with E-state index in [-0.39, 0.29) is 0 Å². The van der Waals surface area contributed by atoms with Crippen molar-refractivity contribution in [2.45, 2.75) is 70.6 Å². The zero-order valence-electron chi connectivity index (χ0n) is 17.9. The number of benzene rings is 2. The van der Waals surface area contributed by atoms with Crippen molar-refractivity contribution < 1.29 is 22.3 Å². The Morgan fingerprint density at radius 2 is 1.55 bits per heavy atom. The summed E-state index contributed by atoms with van der Waals surface area (Å²) in [5.74, 6) is -0.944. The molecule has 2 aromatic carbocycles. The molecule has 0 atom stereocenters. The van der Waals surface area contributed by atoms with Gasteiger partial charge in [-0.1, -0.05) is 44.0 Å². The molecule has 5 heteroatoms. The van der Waals surface area contributed by atoms with Gasteiger partial charge in [-0.3, -0.25) is 0 Å². The number of allylic oxidation sites excluding steroid dienone is 1. The Morgan fingerprint density at radius 3 is 2.13 bits per heavy atom. The van der Waals surface area contributed by atoms with Crippen molar-refractivity contribution in [1.29, 1.82) is 0 Å². The predicted molar refractivity (Wildman–Crippen MR) is 116 cm³/mol. The topological polar surface area (TPSA) is 9.23 Å². The van der Waals surface area contributed by atoms with Crippen LogP contribution in [0.5, 0.6) is 5.75 Å². The van der Waals surface area contributed by atoms with E-state index in [1.54, 1.807) is 0 Å². The fraction of sp³-hybridized carbons (Fsp3) is 0.462. The van der Waals surface area contributed by atoms with Gasteiger partial charge >= 0.3 is 0 Å². The summed E-state index contributed by atoms with van der Waals surface area (Å²) in [4.78, 5) is 0. The smallest absolute Gasteiger partial charge is 0.260 e. The Kier molecular flexibility index (Phi) is 8.56. The summed E-state index contributed by atoms with van der Waals surface area (Å²) in [5.41, 5.74) is 3.00. The summed E-state index contributed by atoms with van der Waals surface area (Å²) in [7, 11) is 0. The Balaban J connectivity index is 1.54. The molecule has 0 saturated heterocycles. The average Bonchev–Trinajstić information content (AvgIpc) is 2.75. The van der Waals surface area contributed by atoms with E-state index in [0.29, 0.717) is 36.7 Å². The van der Waals surface area contributed by atoms with E-state index in [0.717, 1.165) is 11.5 Å².